The Balaban J connectivity index is 1.41. The van der Waals surface area contributed by atoms with E-state index in [0.29, 0.717) is 22.6 Å². The Hall–Kier alpha value is -1.77. The Kier molecular flexibility index (Phi) is 5.19. The van der Waals surface area contributed by atoms with Crippen LogP contribution >= 0.6 is 11.6 Å². The summed E-state index contributed by atoms with van der Waals surface area (Å²) >= 11 is 5.89. The van der Waals surface area contributed by atoms with Gasteiger partial charge in [0.05, 0.1) is 32.9 Å². The van der Waals surface area contributed by atoms with Crippen LogP contribution in [0.2, 0.25) is 5.02 Å². The summed E-state index contributed by atoms with van der Waals surface area (Å²) in [6.07, 6.45) is 9.62. The summed E-state index contributed by atoms with van der Waals surface area (Å²) in [5, 5.41) is 13.9. The lowest BCUT2D eigenvalue weighted by Gasteiger charge is -2.41. The lowest BCUT2D eigenvalue weighted by Crippen LogP contribution is -2.48. The maximum Gasteiger partial charge on any atom is 0.145 e. The first kappa shape index (κ1) is 20.2. The third-order valence-electron chi connectivity index (χ3n) is 6.80. The molecule has 2 aromatic heterocycles. The van der Waals surface area contributed by atoms with Gasteiger partial charge in [0, 0.05) is 43.2 Å². The van der Waals surface area contributed by atoms with Crippen molar-refractivity contribution in [2.24, 2.45) is 0 Å². The van der Waals surface area contributed by atoms with Gasteiger partial charge < -0.3 is 15.3 Å². The number of likely N-dealkylation sites (N-methyl/N-ethyl adjacent to an activating group) is 1. The molecule has 2 aliphatic heterocycles. The summed E-state index contributed by atoms with van der Waals surface area (Å²) in [5.74, 6) is 3.13. The summed E-state index contributed by atoms with van der Waals surface area (Å²) in [5.41, 5.74) is 2.12. The first-order valence-corrected chi connectivity index (χ1v) is 12.2. The summed E-state index contributed by atoms with van der Waals surface area (Å²) in [4.78, 5) is 16.7. The van der Waals surface area contributed by atoms with E-state index >= 15 is 0 Å². The van der Waals surface area contributed by atoms with Crippen molar-refractivity contribution in [3.05, 3.63) is 34.4 Å². The van der Waals surface area contributed by atoms with Gasteiger partial charge in [-0.15, -0.1) is 0 Å². The average Bonchev–Trinajstić information content (AvgIpc) is 3.25. The first-order valence-electron chi connectivity index (χ1n) is 10.5. The molecule has 1 fully saturated rings. The molecule has 0 saturated heterocycles. The first-order chi connectivity index (χ1) is 14.5. The number of rotatable bonds is 6. The van der Waals surface area contributed by atoms with Gasteiger partial charge in [-0.3, -0.25) is 4.21 Å². The zero-order valence-electron chi connectivity index (χ0n) is 17.0. The summed E-state index contributed by atoms with van der Waals surface area (Å²) in [7, 11) is 1.05. The second kappa shape index (κ2) is 7.73. The Labute approximate surface area is 183 Å². The van der Waals surface area contributed by atoms with Gasteiger partial charge in [0.2, 0.25) is 0 Å². The van der Waals surface area contributed by atoms with Crippen LogP contribution in [0.5, 0.6) is 0 Å². The van der Waals surface area contributed by atoms with E-state index in [1.54, 1.807) is 12.4 Å². The summed E-state index contributed by atoms with van der Waals surface area (Å²) in [6.45, 7) is 0.0761. The molecule has 1 unspecified atom stereocenters. The highest BCUT2D eigenvalue weighted by molar-refractivity contribution is 7.85. The number of hydrogen-bond acceptors (Lipinski definition) is 7. The third-order valence-corrected chi connectivity index (χ3v) is 8.46. The zero-order chi connectivity index (χ0) is 20.9. The fourth-order valence-electron chi connectivity index (χ4n) is 4.82. The molecule has 2 N–H and O–H groups in total. The van der Waals surface area contributed by atoms with E-state index in [0.717, 1.165) is 61.5 Å². The van der Waals surface area contributed by atoms with Crippen LogP contribution in [-0.2, 0) is 30.1 Å². The molecule has 1 aliphatic carbocycles. The molecule has 9 heteroatoms. The molecule has 2 atom stereocenters. The van der Waals surface area contributed by atoms with Crippen LogP contribution in [0.1, 0.15) is 42.6 Å². The maximum absolute atomic E-state index is 12.8. The summed E-state index contributed by atoms with van der Waals surface area (Å²) < 4.78 is 12.8. The number of anilines is 2. The van der Waals surface area contributed by atoms with Gasteiger partial charge >= 0.3 is 0 Å². The second-order valence-corrected chi connectivity index (χ2v) is 10.6. The molecule has 3 aliphatic rings. The van der Waals surface area contributed by atoms with Crippen molar-refractivity contribution in [1.82, 2.24) is 15.0 Å². The van der Waals surface area contributed by atoms with Gasteiger partial charge in [0.15, 0.2) is 0 Å². The molecular weight excluding hydrogens is 422 g/mol. The number of aliphatic hydroxyl groups is 1. The van der Waals surface area contributed by atoms with E-state index in [-0.39, 0.29) is 12.1 Å². The number of halogens is 1. The normalized spacial score (nSPS) is 23.8. The van der Waals surface area contributed by atoms with E-state index in [1.807, 2.05) is 0 Å². The molecular formula is C21H26ClN5O2S. The van der Waals surface area contributed by atoms with Crippen LogP contribution in [0, 0.1) is 0 Å². The third kappa shape index (κ3) is 3.39. The van der Waals surface area contributed by atoms with Crippen LogP contribution < -0.4 is 10.2 Å². The van der Waals surface area contributed by atoms with Gasteiger partial charge in [0.25, 0.3) is 0 Å². The number of aromatic nitrogens is 3. The highest BCUT2D eigenvalue weighted by Crippen LogP contribution is 2.44. The highest BCUT2D eigenvalue weighted by atomic mass is 35.5. The SMILES string of the molecule is CN1c2nc(NC3(CO)CCC3)c3c(c2CC1CCc1ncc(Cl)cn1)CC[S@]3=O. The molecule has 4 heterocycles. The molecule has 0 aromatic carbocycles. The fraction of sp³-hybridized carbons (Fsp3) is 0.571. The van der Waals surface area contributed by atoms with Crippen molar-refractivity contribution in [2.75, 3.05) is 29.6 Å². The minimum Gasteiger partial charge on any atom is -0.394 e. The van der Waals surface area contributed by atoms with Gasteiger partial charge in [-0.05, 0) is 44.1 Å². The van der Waals surface area contributed by atoms with Gasteiger partial charge in [-0.25, -0.2) is 15.0 Å². The maximum atomic E-state index is 12.8. The number of nitrogens with zero attached hydrogens (tertiary/aromatic N) is 4. The topological polar surface area (TPSA) is 91.2 Å². The number of hydrogen-bond donors (Lipinski definition) is 2. The lowest BCUT2D eigenvalue weighted by molar-refractivity contribution is 0.143. The van der Waals surface area contributed by atoms with Crippen molar-refractivity contribution in [2.45, 2.75) is 61.4 Å². The Morgan fingerprint density at radius 3 is 2.77 bits per heavy atom. The van der Waals surface area contributed by atoms with E-state index in [2.05, 4.69) is 27.2 Å². The molecule has 30 heavy (non-hydrogen) atoms. The molecule has 0 spiro atoms. The van der Waals surface area contributed by atoms with Crippen molar-refractivity contribution in [1.29, 1.82) is 0 Å². The van der Waals surface area contributed by atoms with Crippen LogP contribution in [0.15, 0.2) is 17.3 Å². The molecule has 0 bridgehead atoms. The average molecular weight is 448 g/mol. The van der Waals surface area contributed by atoms with E-state index < -0.39 is 10.8 Å². The van der Waals surface area contributed by atoms with Crippen molar-refractivity contribution in [3.63, 3.8) is 0 Å². The number of aryl methyl sites for hydroxylation is 1. The molecule has 160 valence electrons. The van der Waals surface area contributed by atoms with Crippen LogP contribution in [0.4, 0.5) is 11.6 Å². The Bertz CT molecular complexity index is 990. The highest BCUT2D eigenvalue weighted by Gasteiger charge is 2.41. The van der Waals surface area contributed by atoms with E-state index in [4.69, 9.17) is 16.6 Å². The van der Waals surface area contributed by atoms with Gasteiger partial charge in [0.1, 0.15) is 17.5 Å². The van der Waals surface area contributed by atoms with Gasteiger partial charge in [-0.1, -0.05) is 11.6 Å². The molecule has 1 saturated carbocycles. The largest absolute Gasteiger partial charge is 0.394 e. The van der Waals surface area contributed by atoms with E-state index in [9.17, 15) is 9.32 Å². The quantitative estimate of drug-likeness (QED) is 0.702. The fourth-order valence-corrected chi connectivity index (χ4v) is 6.32. The Morgan fingerprint density at radius 1 is 1.33 bits per heavy atom. The van der Waals surface area contributed by atoms with Crippen molar-refractivity contribution < 1.29 is 9.32 Å². The molecule has 2 aromatic rings. The predicted octanol–water partition coefficient (Wildman–Crippen LogP) is 2.51. The summed E-state index contributed by atoms with van der Waals surface area (Å²) in [6, 6.07) is 0.302. The lowest BCUT2D eigenvalue weighted by atomic mass is 9.77. The second-order valence-electron chi connectivity index (χ2n) is 8.61. The minimum atomic E-state index is -1.03. The van der Waals surface area contributed by atoms with Gasteiger partial charge in [-0.2, -0.15) is 0 Å². The monoisotopic (exact) mass is 447 g/mol. The molecule has 0 amide bonds. The van der Waals surface area contributed by atoms with Crippen molar-refractivity contribution in [3.8, 4) is 0 Å². The number of nitrogens with one attached hydrogen (secondary N) is 1. The number of fused-ring (bicyclic) bond motifs is 3. The minimum absolute atomic E-state index is 0.0761. The molecule has 5 rings (SSSR count). The smallest absolute Gasteiger partial charge is 0.145 e. The standard InChI is InChI=1S/C21H26ClN5O2S/c1-27-14(3-4-17-23-10-13(22)11-24-17)9-16-15-5-8-30(29)18(15)19(25-20(16)27)26-21(12-28)6-2-7-21/h10-11,14,28H,2-9,12H2,1H3,(H,25,26)/t14?,30-/m1/s1. The number of pyridine rings is 1. The van der Waals surface area contributed by atoms with Crippen LogP contribution in [0.25, 0.3) is 0 Å². The van der Waals surface area contributed by atoms with Crippen LogP contribution in [0.3, 0.4) is 0 Å². The Morgan fingerprint density at radius 2 is 2.10 bits per heavy atom. The zero-order valence-corrected chi connectivity index (χ0v) is 18.6. The van der Waals surface area contributed by atoms with E-state index in [1.165, 1.54) is 11.1 Å². The predicted molar refractivity (Wildman–Crippen MR) is 118 cm³/mol. The van der Waals surface area contributed by atoms with Crippen LogP contribution in [-0.4, -0.2) is 55.3 Å². The van der Waals surface area contributed by atoms with Crippen molar-refractivity contribution >= 4 is 34.0 Å². The molecule has 0 radical (unpaired) electrons. The molecule has 7 nitrogen and oxygen atoms in total. The number of aliphatic hydroxyl groups excluding tert-OH is 1.